The highest BCUT2D eigenvalue weighted by Gasteiger charge is 1.99. The number of methoxy groups -OCH3 is 1. The molecule has 0 atom stereocenters. The molecule has 0 amide bonds. The van der Waals surface area contributed by atoms with Crippen molar-refractivity contribution in [1.29, 1.82) is 0 Å². The van der Waals surface area contributed by atoms with E-state index in [0.29, 0.717) is 18.9 Å². The molecule has 4 heteroatoms. The van der Waals surface area contributed by atoms with E-state index in [4.69, 9.17) is 14.6 Å². The van der Waals surface area contributed by atoms with Gasteiger partial charge in [0.25, 0.3) is 0 Å². The van der Waals surface area contributed by atoms with Gasteiger partial charge in [0.15, 0.2) is 0 Å². The smallest absolute Gasteiger partial charge is 0.213 e. The van der Waals surface area contributed by atoms with Crippen molar-refractivity contribution in [3.63, 3.8) is 0 Å². The molecule has 108 valence electrons. The lowest BCUT2D eigenvalue weighted by molar-refractivity contribution is 0.298. The second-order valence-corrected chi connectivity index (χ2v) is 4.26. The third kappa shape index (κ3) is 4.83. The van der Waals surface area contributed by atoms with Gasteiger partial charge in [0.2, 0.25) is 5.88 Å². The van der Waals surface area contributed by atoms with E-state index in [0.717, 1.165) is 17.0 Å². The molecule has 0 aliphatic rings. The van der Waals surface area contributed by atoms with Crippen molar-refractivity contribution < 1.29 is 14.6 Å². The van der Waals surface area contributed by atoms with Crippen LogP contribution in [0.15, 0.2) is 42.5 Å². The minimum Gasteiger partial charge on any atom is -0.487 e. The Kier molecular flexibility index (Phi) is 5.62. The van der Waals surface area contributed by atoms with Crippen molar-refractivity contribution in [2.75, 3.05) is 13.7 Å². The summed E-state index contributed by atoms with van der Waals surface area (Å²) in [4.78, 5) is 4.28. The number of nitrogens with zero attached hydrogens (tertiary/aromatic N) is 1. The molecule has 0 spiro atoms. The third-order valence-electron chi connectivity index (χ3n) is 2.70. The molecule has 1 aromatic carbocycles. The summed E-state index contributed by atoms with van der Waals surface area (Å²) in [6, 6.07) is 13.1. The lowest BCUT2D eigenvalue weighted by Crippen LogP contribution is -1.99. The first-order chi connectivity index (χ1) is 10.3. The number of aromatic nitrogens is 1. The zero-order valence-electron chi connectivity index (χ0n) is 11.9. The highest BCUT2D eigenvalue weighted by Crippen LogP contribution is 2.14. The highest BCUT2D eigenvalue weighted by atomic mass is 16.5. The van der Waals surface area contributed by atoms with Crippen molar-refractivity contribution in [2.24, 2.45) is 0 Å². The molecule has 0 unspecified atom stereocenters. The molecule has 0 bridgehead atoms. The Morgan fingerprint density at radius 1 is 1.14 bits per heavy atom. The van der Waals surface area contributed by atoms with Crippen LogP contribution in [0.25, 0.3) is 0 Å². The van der Waals surface area contributed by atoms with Crippen molar-refractivity contribution in [1.82, 2.24) is 4.98 Å². The predicted molar refractivity (Wildman–Crippen MR) is 80.1 cm³/mol. The van der Waals surface area contributed by atoms with Crippen LogP contribution in [-0.4, -0.2) is 23.8 Å². The lowest BCUT2D eigenvalue weighted by atomic mass is 10.2. The first-order valence-corrected chi connectivity index (χ1v) is 6.64. The molecule has 0 fully saturated rings. The van der Waals surface area contributed by atoms with Gasteiger partial charge in [-0.25, -0.2) is 4.98 Å². The van der Waals surface area contributed by atoms with Gasteiger partial charge in [-0.05, 0) is 30.3 Å². The van der Waals surface area contributed by atoms with E-state index >= 15 is 0 Å². The topological polar surface area (TPSA) is 51.6 Å². The van der Waals surface area contributed by atoms with E-state index in [2.05, 4.69) is 16.8 Å². The molecule has 0 saturated carbocycles. The number of aliphatic hydroxyl groups excluding tert-OH is 1. The average Bonchev–Trinajstić information content (AvgIpc) is 2.54. The Morgan fingerprint density at radius 3 is 2.67 bits per heavy atom. The zero-order valence-corrected chi connectivity index (χ0v) is 11.9. The van der Waals surface area contributed by atoms with Crippen LogP contribution in [0.5, 0.6) is 11.6 Å². The zero-order chi connectivity index (χ0) is 14.9. The van der Waals surface area contributed by atoms with Crippen LogP contribution >= 0.6 is 0 Å². The maximum absolute atomic E-state index is 8.67. The quantitative estimate of drug-likeness (QED) is 0.856. The van der Waals surface area contributed by atoms with Gasteiger partial charge in [-0.2, -0.15) is 0 Å². The summed E-state index contributed by atoms with van der Waals surface area (Å²) in [5.41, 5.74) is 1.71. The van der Waals surface area contributed by atoms with Gasteiger partial charge in [0.05, 0.1) is 19.4 Å². The standard InChI is InChI=1S/C17H17NO3/c1-20-17-7-4-6-15(18-17)13-21-16-10-8-14(9-11-16)5-2-3-12-19/h4,6-11,19H,3,12-13H2,1H3. The van der Waals surface area contributed by atoms with Gasteiger partial charge >= 0.3 is 0 Å². The van der Waals surface area contributed by atoms with Crippen molar-refractivity contribution in [3.05, 3.63) is 53.7 Å². The van der Waals surface area contributed by atoms with Crippen LogP contribution in [0.4, 0.5) is 0 Å². The van der Waals surface area contributed by atoms with Gasteiger partial charge in [0.1, 0.15) is 12.4 Å². The number of aliphatic hydroxyl groups is 1. The van der Waals surface area contributed by atoms with Crippen LogP contribution in [0.3, 0.4) is 0 Å². The Balaban J connectivity index is 1.93. The first kappa shape index (κ1) is 14.9. The maximum atomic E-state index is 8.67. The van der Waals surface area contributed by atoms with E-state index in [-0.39, 0.29) is 6.61 Å². The summed E-state index contributed by atoms with van der Waals surface area (Å²) < 4.78 is 10.7. The summed E-state index contributed by atoms with van der Waals surface area (Å²) in [6.07, 6.45) is 0.486. The number of rotatable bonds is 5. The van der Waals surface area contributed by atoms with Crippen LogP contribution in [0.2, 0.25) is 0 Å². The summed E-state index contributed by atoms with van der Waals surface area (Å²) >= 11 is 0. The number of hydrogen-bond donors (Lipinski definition) is 1. The van der Waals surface area contributed by atoms with Gasteiger partial charge in [-0.3, -0.25) is 0 Å². The Morgan fingerprint density at radius 2 is 1.95 bits per heavy atom. The molecule has 0 radical (unpaired) electrons. The fraction of sp³-hybridized carbons (Fsp3) is 0.235. The van der Waals surface area contributed by atoms with Crippen molar-refractivity contribution in [3.8, 4) is 23.5 Å². The Bertz CT molecular complexity index is 626. The molecule has 21 heavy (non-hydrogen) atoms. The fourth-order valence-electron chi connectivity index (χ4n) is 1.66. The van der Waals surface area contributed by atoms with Crippen LogP contribution in [0.1, 0.15) is 17.7 Å². The summed E-state index contributed by atoms with van der Waals surface area (Å²) in [7, 11) is 1.59. The molecule has 0 aliphatic carbocycles. The summed E-state index contributed by atoms with van der Waals surface area (Å²) in [6.45, 7) is 0.467. The number of ether oxygens (including phenoxy) is 2. The average molecular weight is 283 g/mol. The maximum Gasteiger partial charge on any atom is 0.213 e. The van der Waals surface area contributed by atoms with Gasteiger partial charge in [-0.1, -0.05) is 17.9 Å². The van der Waals surface area contributed by atoms with E-state index in [1.807, 2.05) is 36.4 Å². The second-order valence-electron chi connectivity index (χ2n) is 4.26. The van der Waals surface area contributed by atoms with Gasteiger partial charge in [-0.15, -0.1) is 0 Å². The SMILES string of the molecule is COc1cccc(COc2ccc(C#CCCO)cc2)n1. The third-order valence-corrected chi connectivity index (χ3v) is 2.70. The van der Waals surface area contributed by atoms with Gasteiger partial charge in [0, 0.05) is 18.1 Å². The number of pyridine rings is 1. The van der Waals surface area contributed by atoms with E-state index in [1.165, 1.54) is 0 Å². The number of benzene rings is 1. The van der Waals surface area contributed by atoms with E-state index < -0.39 is 0 Å². The molecule has 0 saturated heterocycles. The molecule has 1 heterocycles. The monoisotopic (exact) mass is 283 g/mol. The van der Waals surface area contributed by atoms with E-state index in [1.54, 1.807) is 13.2 Å². The fourth-order valence-corrected chi connectivity index (χ4v) is 1.66. The Hall–Kier alpha value is -2.51. The molecule has 0 aliphatic heterocycles. The first-order valence-electron chi connectivity index (χ1n) is 6.64. The predicted octanol–water partition coefficient (Wildman–Crippen LogP) is 2.40. The minimum atomic E-state index is 0.0851. The molecule has 2 aromatic rings. The lowest BCUT2D eigenvalue weighted by Gasteiger charge is -2.06. The van der Waals surface area contributed by atoms with Crippen LogP contribution in [-0.2, 0) is 6.61 Å². The summed E-state index contributed by atoms with van der Waals surface area (Å²) in [5.74, 6) is 7.18. The second kappa shape index (κ2) is 7.93. The minimum absolute atomic E-state index is 0.0851. The normalized spacial score (nSPS) is 9.62. The summed E-state index contributed by atoms with van der Waals surface area (Å²) in [5, 5.41) is 8.67. The molecular weight excluding hydrogens is 266 g/mol. The van der Waals surface area contributed by atoms with Crippen LogP contribution < -0.4 is 9.47 Å². The number of hydrogen-bond acceptors (Lipinski definition) is 4. The largest absolute Gasteiger partial charge is 0.487 e. The van der Waals surface area contributed by atoms with Crippen molar-refractivity contribution in [2.45, 2.75) is 13.0 Å². The van der Waals surface area contributed by atoms with Crippen LogP contribution in [0, 0.1) is 11.8 Å². The Labute approximate surface area is 124 Å². The molecule has 1 aromatic heterocycles. The molecule has 2 rings (SSSR count). The molecule has 4 nitrogen and oxygen atoms in total. The highest BCUT2D eigenvalue weighted by molar-refractivity contribution is 5.38. The van der Waals surface area contributed by atoms with Gasteiger partial charge < -0.3 is 14.6 Å². The molecular formula is C17H17NO3. The molecule has 1 N–H and O–H groups in total. The van der Waals surface area contributed by atoms with Crippen molar-refractivity contribution >= 4 is 0 Å². The van der Waals surface area contributed by atoms with E-state index in [9.17, 15) is 0 Å².